The van der Waals surface area contributed by atoms with E-state index in [9.17, 15) is 0 Å². The molecule has 1 aliphatic carbocycles. The van der Waals surface area contributed by atoms with Crippen molar-refractivity contribution in [2.24, 2.45) is 10.9 Å². The first kappa shape index (κ1) is 21.0. The number of hydrogen-bond donors (Lipinski definition) is 2. The molecule has 0 radical (unpaired) electrons. The van der Waals surface area contributed by atoms with Crippen LogP contribution in [0.5, 0.6) is 0 Å². The predicted molar refractivity (Wildman–Crippen MR) is 117 cm³/mol. The van der Waals surface area contributed by atoms with Gasteiger partial charge in [-0.15, -0.1) is 24.0 Å². The van der Waals surface area contributed by atoms with Gasteiger partial charge in [0.05, 0.1) is 17.6 Å². The quantitative estimate of drug-likeness (QED) is 0.256. The van der Waals surface area contributed by atoms with Gasteiger partial charge in [0.1, 0.15) is 5.82 Å². The van der Waals surface area contributed by atoms with Crippen LogP contribution in [0.3, 0.4) is 0 Å². The van der Waals surface area contributed by atoms with Gasteiger partial charge in [-0.25, -0.2) is 4.98 Å². The molecule has 0 amide bonds. The van der Waals surface area contributed by atoms with Crippen molar-refractivity contribution in [3.05, 3.63) is 30.1 Å². The fourth-order valence-electron chi connectivity index (χ4n) is 2.81. The summed E-state index contributed by atoms with van der Waals surface area (Å²) in [4.78, 5) is 14.5. The molecule has 1 aromatic heterocycles. The highest BCUT2D eigenvalue weighted by atomic mass is 127. The number of nitrogens with one attached hydrogen (secondary N) is 2. The van der Waals surface area contributed by atoms with Crippen LogP contribution in [-0.2, 0) is 11.2 Å². The minimum atomic E-state index is 0. The summed E-state index contributed by atoms with van der Waals surface area (Å²) < 4.78 is 5.70. The Morgan fingerprint density at radius 1 is 1.38 bits per heavy atom. The van der Waals surface area contributed by atoms with E-state index in [0.29, 0.717) is 0 Å². The maximum Gasteiger partial charge on any atom is 0.193 e. The SMILES string of the molecule is CN=C(NCCCc1nc2ccccc2[nH]1)N(C)CCOCC1CC1.I. The van der Waals surface area contributed by atoms with Crippen molar-refractivity contribution in [2.45, 2.75) is 25.7 Å². The van der Waals surface area contributed by atoms with Crippen molar-refractivity contribution in [2.75, 3.05) is 40.4 Å². The largest absolute Gasteiger partial charge is 0.379 e. The zero-order chi connectivity index (χ0) is 17.5. The number of rotatable bonds is 9. The van der Waals surface area contributed by atoms with E-state index >= 15 is 0 Å². The molecule has 144 valence electrons. The summed E-state index contributed by atoms with van der Waals surface area (Å²) in [7, 11) is 3.87. The first-order valence-corrected chi connectivity index (χ1v) is 9.19. The van der Waals surface area contributed by atoms with E-state index in [-0.39, 0.29) is 24.0 Å². The lowest BCUT2D eigenvalue weighted by Gasteiger charge is -2.22. The van der Waals surface area contributed by atoms with E-state index in [4.69, 9.17) is 4.74 Å². The second-order valence-corrected chi connectivity index (χ2v) is 6.72. The van der Waals surface area contributed by atoms with Crippen molar-refractivity contribution in [1.82, 2.24) is 20.2 Å². The number of aliphatic imine (C=N–C) groups is 1. The molecular formula is C19H30IN5O. The average molecular weight is 471 g/mol. The topological polar surface area (TPSA) is 65.5 Å². The lowest BCUT2D eigenvalue weighted by atomic mass is 10.3. The molecule has 2 N–H and O–H groups in total. The van der Waals surface area contributed by atoms with E-state index < -0.39 is 0 Å². The number of nitrogens with zero attached hydrogens (tertiary/aromatic N) is 3. The summed E-state index contributed by atoms with van der Waals surface area (Å²) >= 11 is 0. The molecule has 0 unspecified atom stereocenters. The minimum Gasteiger partial charge on any atom is -0.379 e. The molecule has 0 saturated heterocycles. The van der Waals surface area contributed by atoms with Crippen LogP contribution >= 0.6 is 24.0 Å². The lowest BCUT2D eigenvalue weighted by Crippen LogP contribution is -2.41. The van der Waals surface area contributed by atoms with Crippen molar-refractivity contribution < 1.29 is 4.74 Å². The number of aromatic amines is 1. The Bertz CT molecular complexity index is 665. The summed E-state index contributed by atoms with van der Waals surface area (Å²) in [5.74, 6) is 2.78. The second kappa shape index (κ2) is 10.7. The smallest absolute Gasteiger partial charge is 0.193 e. The predicted octanol–water partition coefficient (Wildman–Crippen LogP) is 3.05. The molecule has 2 aromatic rings. The van der Waals surface area contributed by atoms with Gasteiger partial charge in [-0.2, -0.15) is 0 Å². The Morgan fingerprint density at radius 3 is 2.92 bits per heavy atom. The summed E-state index contributed by atoms with van der Waals surface area (Å²) in [5, 5.41) is 3.41. The van der Waals surface area contributed by atoms with Crippen LogP contribution in [0.1, 0.15) is 25.1 Å². The molecule has 0 bridgehead atoms. The fraction of sp³-hybridized carbons (Fsp3) is 0.579. The Kier molecular flexibility index (Phi) is 8.64. The Labute approximate surface area is 172 Å². The van der Waals surface area contributed by atoms with E-state index in [1.165, 1.54) is 12.8 Å². The highest BCUT2D eigenvalue weighted by molar-refractivity contribution is 14.0. The molecule has 7 heteroatoms. The van der Waals surface area contributed by atoms with Crippen LogP contribution in [0.25, 0.3) is 11.0 Å². The summed E-state index contributed by atoms with van der Waals surface area (Å²) in [5.41, 5.74) is 2.14. The lowest BCUT2D eigenvalue weighted by molar-refractivity contribution is 0.115. The first-order chi connectivity index (χ1) is 12.3. The van der Waals surface area contributed by atoms with Crippen LogP contribution < -0.4 is 5.32 Å². The zero-order valence-corrected chi connectivity index (χ0v) is 18.0. The summed E-state index contributed by atoms with van der Waals surface area (Å²) in [6.45, 7) is 3.40. The Hall–Kier alpha value is -1.35. The second-order valence-electron chi connectivity index (χ2n) is 6.72. The molecule has 1 heterocycles. The number of hydrogen-bond acceptors (Lipinski definition) is 3. The van der Waals surface area contributed by atoms with E-state index in [0.717, 1.165) is 67.9 Å². The molecule has 0 aliphatic heterocycles. The highest BCUT2D eigenvalue weighted by Crippen LogP contribution is 2.28. The summed E-state index contributed by atoms with van der Waals surface area (Å²) in [6, 6.07) is 8.14. The third kappa shape index (κ3) is 6.42. The van der Waals surface area contributed by atoms with Crippen LogP contribution in [0.15, 0.2) is 29.3 Å². The van der Waals surface area contributed by atoms with Crippen LogP contribution in [-0.4, -0.2) is 61.2 Å². The Balaban J connectivity index is 0.00000243. The number of halogens is 1. The number of para-hydroxylation sites is 2. The third-order valence-corrected chi connectivity index (χ3v) is 4.51. The third-order valence-electron chi connectivity index (χ3n) is 4.51. The molecule has 3 rings (SSSR count). The van der Waals surface area contributed by atoms with Gasteiger partial charge in [0.2, 0.25) is 0 Å². The van der Waals surface area contributed by atoms with Crippen molar-refractivity contribution in [3.63, 3.8) is 0 Å². The van der Waals surface area contributed by atoms with E-state index in [2.05, 4.69) is 38.3 Å². The van der Waals surface area contributed by atoms with Gasteiger partial charge in [0.25, 0.3) is 0 Å². The van der Waals surface area contributed by atoms with Crippen LogP contribution in [0.2, 0.25) is 0 Å². The average Bonchev–Trinajstić information content (AvgIpc) is 3.35. The number of fused-ring (bicyclic) bond motifs is 1. The molecule has 0 atom stereocenters. The Morgan fingerprint density at radius 2 is 2.19 bits per heavy atom. The molecule has 0 spiro atoms. The number of imidazole rings is 1. The van der Waals surface area contributed by atoms with Crippen LogP contribution in [0.4, 0.5) is 0 Å². The number of H-pyrrole nitrogens is 1. The van der Waals surface area contributed by atoms with E-state index in [1.54, 1.807) is 0 Å². The molecule has 1 aromatic carbocycles. The zero-order valence-electron chi connectivity index (χ0n) is 15.7. The minimum absolute atomic E-state index is 0. The number of benzene rings is 1. The van der Waals surface area contributed by atoms with E-state index in [1.807, 2.05) is 25.2 Å². The number of ether oxygens (including phenoxy) is 1. The van der Waals surface area contributed by atoms with Crippen LogP contribution in [0, 0.1) is 5.92 Å². The number of aromatic nitrogens is 2. The molecule has 1 aliphatic rings. The maximum atomic E-state index is 5.70. The van der Waals surface area contributed by atoms with Gasteiger partial charge in [0, 0.05) is 40.2 Å². The summed E-state index contributed by atoms with van der Waals surface area (Å²) in [6.07, 6.45) is 4.60. The molecule has 1 fully saturated rings. The molecule has 1 saturated carbocycles. The van der Waals surface area contributed by atoms with Crippen molar-refractivity contribution in [1.29, 1.82) is 0 Å². The monoisotopic (exact) mass is 471 g/mol. The first-order valence-electron chi connectivity index (χ1n) is 9.19. The standard InChI is InChI=1S/C19H29N5O.HI/c1-20-19(24(2)12-13-25-14-15-9-10-15)21-11-5-8-18-22-16-6-3-4-7-17(16)23-18;/h3-4,6-7,15H,5,8-14H2,1-2H3,(H,20,21)(H,22,23);1H. The fourth-order valence-corrected chi connectivity index (χ4v) is 2.81. The van der Waals surface area contributed by atoms with Gasteiger partial charge >= 0.3 is 0 Å². The molecular weight excluding hydrogens is 441 g/mol. The van der Waals surface area contributed by atoms with Gasteiger partial charge < -0.3 is 19.9 Å². The van der Waals surface area contributed by atoms with Gasteiger partial charge in [-0.05, 0) is 37.3 Å². The number of aryl methyl sites for hydroxylation is 1. The van der Waals surface area contributed by atoms with Gasteiger partial charge in [0.15, 0.2) is 5.96 Å². The van der Waals surface area contributed by atoms with Gasteiger partial charge in [-0.3, -0.25) is 4.99 Å². The normalized spacial score (nSPS) is 14.3. The molecule has 6 nitrogen and oxygen atoms in total. The highest BCUT2D eigenvalue weighted by Gasteiger charge is 2.21. The number of likely N-dealkylation sites (N-methyl/N-ethyl adjacent to an activating group) is 1. The van der Waals surface area contributed by atoms with Crippen molar-refractivity contribution in [3.8, 4) is 0 Å². The number of guanidine groups is 1. The molecule has 26 heavy (non-hydrogen) atoms. The maximum absolute atomic E-state index is 5.70. The van der Waals surface area contributed by atoms with Crippen molar-refractivity contribution >= 4 is 41.0 Å². The van der Waals surface area contributed by atoms with Gasteiger partial charge in [-0.1, -0.05) is 12.1 Å².